The normalized spacial score (nSPS) is 19.9. The summed E-state index contributed by atoms with van der Waals surface area (Å²) >= 11 is 1.40. The van der Waals surface area contributed by atoms with Crippen LogP contribution in [0.5, 0.6) is 0 Å². The molecule has 5 rings (SSSR count). The van der Waals surface area contributed by atoms with Gasteiger partial charge in [0, 0.05) is 25.5 Å². The van der Waals surface area contributed by atoms with E-state index in [1.165, 1.54) is 16.7 Å². The van der Waals surface area contributed by atoms with E-state index in [0.29, 0.717) is 30.4 Å². The van der Waals surface area contributed by atoms with E-state index in [2.05, 4.69) is 15.3 Å². The van der Waals surface area contributed by atoms with Crippen LogP contribution in [0.1, 0.15) is 34.9 Å². The molecule has 1 N–H and O–H groups in total. The van der Waals surface area contributed by atoms with Gasteiger partial charge < -0.3 is 10.1 Å². The van der Waals surface area contributed by atoms with Gasteiger partial charge in [-0.05, 0) is 48.2 Å². The number of carbonyl (C=O) groups excluding carboxylic acids is 3. The van der Waals surface area contributed by atoms with Crippen molar-refractivity contribution in [3.63, 3.8) is 0 Å². The van der Waals surface area contributed by atoms with E-state index in [0.717, 1.165) is 23.2 Å². The zero-order valence-corrected chi connectivity index (χ0v) is 22.3. The molecule has 2 saturated heterocycles. The molecule has 3 heterocycles. The Morgan fingerprint density at radius 2 is 1.85 bits per heavy atom. The number of nitrogens with zero attached hydrogens (tertiary/aromatic N) is 4. The molecule has 1 unspecified atom stereocenters. The highest BCUT2D eigenvalue weighted by Crippen LogP contribution is 2.39. The molecule has 39 heavy (non-hydrogen) atoms. The molecule has 2 fully saturated rings. The molecule has 3 aromatic rings. The van der Waals surface area contributed by atoms with Crippen LogP contribution < -0.4 is 5.32 Å². The maximum Gasteiger partial charge on any atom is 0.410 e. The second-order valence-corrected chi connectivity index (χ2v) is 10.4. The number of ether oxygens (including phenoxy) is 1. The highest BCUT2D eigenvalue weighted by atomic mass is 32.2. The number of amides is 3. The number of nitrogens with one attached hydrogen (secondary N) is 1. The zero-order valence-electron chi connectivity index (χ0n) is 21.5. The average molecular weight is 544 g/mol. The Morgan fingerprint density at radius 1 is 1.08 bits per heavy atom. The fraction of sp³-hybridized carbons (Fsp3) is 0.276. The minimum atomic E-state index is -0.591. The van der Waals surface area contributed by atoms with Gasteiger partial charge in [-0.3, -0.25) is 29.4 Å². The number of benzene rings is 2. The number of hydrogen-bond acceptors (Lipinski definition) is 7. The highest BCUT2D eigenvalue weighted by Gasteiger charge is 2.37. The van der Waals surface area contributed by atoms with Crippen LogP contribution in [-0.4, -0.2) is 57.5 Å². The number of rotatable bonds is 7. The Kier molecular flexibility index (Phi) is 8.21. The fourth-order valence-electron chi connectivity index (χ4n) is 4.53. The monoisotopic (exact) mass is 543 g/mol. The molecule has 0 saturated carbocycles. The van der Waals surface area contributed by atoms with Crippen LogP contribution in [0.2, 0.25) is 0 Å². The first-order valence-corrected chi connectivity index (χ1v) is 13.6. The van der Waals surface area contributed by atoms with Crippen molar-refractivity contribution in [2.45, 2.75) is 37.3 Å². The van der Waals surface area contributed by atoms with Gasteiger partial charge in [-0.2, -0.15) is 0 Å². The number of likely N-dealkylation sites (N-methyl/N-ethyl adjacent to an activating group) is 1. The van der Waals surface area contributed by atoms with Crippen LogP contribution in [0.15, 0.2) is 84.0 Å². The molecular formula is C29H29N5O4S. The van der Waals surface area contributed by atoms with Gasteiger partial charge >= 0.3 is 6.09 Å². The number of anilines is 1. The molecule has 10 heteroatoms. The summed E-state index contributed by atoms with van der Waals surface area (Å²) < 4.78 is 5.44. The number of pyridine rings is 1. The lowest BCUT2D eigenvalue weighted by molar-refractivity contribution is -0.125. The molecule has 3 amide bonds. The van der Waals surface area contributed by atoms with Crippen LogP contribution in [0.4, 0.5) is 10.5 Å². The predicted molar refractivity (Wildman–Crippen MR) is 150 cm³/mol. The minimum absolute atomic E-state index is 0.0489. The summed E-state index contributed by atoms with van der Waals surface area (Å²) in [5.41, 5.74) is 3.15. The van der Waals surface area contributed by atoms with Crippen molar-refractivity contribution in [1.82, 2.24) is 14.8 Å². The van der Waals surface area contributed by atoms with Crippen LogP contribution in [0.3, 0.4) is 0 Å². The molecule has 200 valence electrons. The van der Waals surface area contributed by atoms with Crippen molar-refractivity contribution < 1.29 is 19.1 Å². The Morgan fingerprint density at radius 3 is 2.59 bits per heavy atom. The topological polar surface area (TPSA) is 104 Å². The van der Waals surface area contributed by atoms with E-state index in [9.17, 15) is 14.4 Å². The molecule has 9 nitrogen and oxygen atoms in total. The summed E-state index contributed by atoms with van der Waals surface area (Å²) in [6, 6.07) is 21.7. The van der Waals surface area contributed by atoms with Gasteiger partial charge in [0.25, 0.3) is 0 Å². The molecular weight excluding hydrogens is 514 g/mol. The Bertz CT molecular complexity index is 1350. The average Bonchev–Trinajstić information content (AvgIpc) is 3.58. The first-order chi connectivity index (χ1) is 19.0. The summed E-state index contributed by atoms with van der Waals surface area (Å²) in [5, 5.41) is 3.14. The molecule has 0 aliphatic carbocycles. The smallest absolute Gasteiger partial charge is 0.410 e. The third kappa shape index (κ3) is 6.28. The van der Waals surface area contributed by atoms with E-state index in [4.69, 9.17) is 4.74 Å². The van der Waals surface area contributed by atoms with Gasteiger partial charge in [0.2, 0.25) is 11.8 Å². The lowest BCUT2D eigenvalue weighted by atomic mass is 10.1. The number of carbonyl (C=O) groups is 3. The molecule has 0 bridgehead atoms. The maximum atomic E-state index is 13.0. The Balaban J connectivity index is 1.17. The number of aromatic nitrogens is 1. The lowest BCUT2D eigenvalue weighted by Gasteiger charge is -2.23. The van der Waals surface area contributed by atoms with Crippen LogP contribution in [0, 0.1) is 0 Å². The predicted octanol–water partition coefficient (Wildman–Crippen LogP) is 4.62. The van der Waals surface area contributed by atoms with E-state index in [1.54, 1.807) is 30.3 Å². The summed E-state index contributed by atoms with van der Waals surface area (Å²) in [6.45, 7) is 1.04. The van der Waals surface area contributed by atoms with Gasteiger partial charge in [0.05, 0.1) is 12.2 Å². The second-order valence-electron chi connectivity index (χ2n) is 9.32. The molecule has 2 aliphatic rings. The third-order valence-electron chi connectivity index (χ3n) is 6.64. The summed E-state index contributed by atoms with van der Waals surface area (Å²) in [4.78, 5) is 50.5. The third-order valence-corrected chi connectivity index (χ3v) is 7.97. The molecule has 2 atom stereocenters. The van der Waals surface area contributed by atoms with Crippen molar-refractivity contribution >= 4 is 40.5 Å². The number of amidine groups is 1. The number of hydrogen-bond donors (Lipinski definition) is 1. The van der Waals surface area contributed by atoms with E-state index in [-0.39, 0.29) is 18.4 Å². The first-order valence-electron chi connectivity index (χ1n) is 12.8. The van der Waals surface area contributed by atoms with Crippen molar-refractivity contribution in [1.29, 1.82) is 0 Å². The molecule has 2 aromatic carbocycles. The van der Waals surface area contributed by atoms with Crippen molar-refractivity contribution in [2.75, 3.05) is 18.9 Å². The van der Waals surface area contributed by atoms with Crippen molar-refractivity contribution in [3.05, 3.63) is 95.8 Å². The van der Waals surface area contributed by atoms with E-state index < -0.39 is 17.4 Å². The fourth-order valence-corrected chi connectivity index (χ4v) is 5.68. The minimum Gasteiger partial charge on any atom is -0.445 e. The van der Waals surface area contributed by atoms with Crippen LogP contribution >= 0.6 is 11.8 Å². The summed E-state index contributed by atoms with van der Waals surface area (Å²) in [7, 11) is 1.72. The molecule has 2 aliphatic heterocycles. The largest absolute Gasteiger partial charge is 0.445 e. The maximum absolute atomic E-state index is 13.0. The van der Waals surface area contributed by atoms with Gasteiger partial charge in [-0.1, -0.05) is 60.3 Å². The first kappa shape index (κ1) is 26.4. The quantitative estimate of drug-likeness (QED) is 0.466. The van der Waals surface area contributed by atoms with Gasteiger partial charge in [0.15, 0.2) is 5.17 Å². The number of likely N-dealkylation sites (tertiary alicyclic amines) is 1. The van der Waals surface area contributed by atoms with Crippen LogP contribution in [-0.2, 0) is 27.5 Å². The SMILES string of the molecule is CN1C(=O)C(c2ccc(NC(=O)[C@@H]3CCCN3C(=O)OCc3ccccc3)cc2)SC1=NCc1ccccn1. The van der Waals surface area contributed by atoms with Crippen molar-refractivity contribution in [3.8, 4) is 0 Å². The Hall–Kier alpha value is -4.18. The standard InChI is InChI=1S/C29H29N5O4S/c1-33-27(36)25(39-28(33)31-18-23-10-5-6-16-30-23)21-12-14-22(15-13-21)32-26(35)24-11-7-17-34(24)29(37)38-19-20-8-3-2-4-9-20/h2-6,8-10,12-16,24-25H,7,11,17-19H2,1H3,(H,32,35)/t24-,25?/m0/s1. The lowest BCUT2D eigenvalue weighted by Crippen LogP contribution is -2.43. The van der Waals surface area contributed by atoms with Gasteiger partial charge in [0.1, 0.15) is 17.9 Å². The summed E-state index contributed by atoms with van der Waals surface area (Å²) in [6.07, 6.45) is 2.53. The zero-order chi connectivity index (χ0) is 27.2. The van der Waals surface area contributed by atoms with Gasteiger partial charge in [-0.15, -0.1) is 0 Å². The van der Waals surface area contributed by atoms with Gasteiger partial charge in [-0.25, -0.2) is 4.79 Å². The molecule has 1 aromatic heterocycles. The van der Waals surface area contributed by atoms with Crippen LogP contribution in [0.25, 0.3) is 0 Å². The number of thioether (sulfide) groups is 1. The van der Waals surface area contributed by atoms with E-state index >= 15 is 0 Å². The van der Waals surface area contributed by atoms with E-state index in [1.807, 2.05) is 60.7 Å². The number of aliphatic imine (C=N–C) groups is 1. The van der Waals surface area contributed by atoms with Crippen molar-refractivity contribution in [2.24, 2.45) is 4.99 Å². The molecule has 0 spiro atoms. The highest BCUT2D eigenvalue weighted by molar-refractivity contribution is 8.15. The Labute approximate surface area is 231 Å². The molecule has 0 radical (unpaired) electrons. The second kappa shape index (κ2) is 12.1. The summed E-state index contributed by atoms with van der Waals surface area (Å²) in [5.74, 6) is -0.306.